The fraction of sp³-hybridized carbons (Fsp3) is 0.316. The monoisotopic (exact) mass is 308 g/mol. The van der Waals surface area contributed by atoms with Gasteiger partial charge >= 0.3 is 0 Å². The van der Waals surface area contributed by atoms with E-state index in [0.717, 1.165) is 31.9 Å². The van der Waals surface area contributed by atoms with E-state index in [0.29, 0.717) is 23.1 Å². The number of nitrogens with zero attached hydrogens (tertiary/aromatic N) is 1. The Morgan fingerprint density at radius 1 is 0.957 bits per heavy atom. The molecule has 2 saturated heterocycles. The molecular formula is C19H20N2O2. The molecule has 0 saturated carbocycles. The van der Waals surface area contributed by atoms with Crippen molar-refractivity contribution >= 4 is 5.91 Å². The van der Waals surface area contributed by atoms with Gasteiger partial charge in [-0.1, -0.05) is 30.3 Å². The zero-order valence-electron chi connectivity index (χ0n) is 12.9. The maximum Gasteiger partial charge on any atom is 0.257 e. The molecule has 0 aliphatic carbocycles. The van der Waals surface area contributed by atoms with Crippen molar-refractivity contribution in [3.8, 4) is 11.5 Å². The van der Waals surface area contributed by atoms with Gasteiger partial charge in [0.1, 0.15) is 11.5 Å². The van der Waals surface area contributed by atoms with Crippen molar-refractivity contribution in [3.63, 3.8) is 0 Å². The summed E-state index contributed by atoms with van der Waals surface area (Å²) in [6.45, 7) is 3.74. The molecule has 23 heavy (non-hydrogen) atoms. The van der Waals surface area contributed by atoms with Crippen LogP contribution in [0.2, 0.25) is 0 Å². The number of fused-ring (bicyclic) bond motifs is 1. The molecule has 2 fully saturated rings. The van der Waals surface area contributed by atoms with Crippen molar-refractivity contribution in [1.82, 2.24) is 10.2 Å². The van der Waals surface area contributed by atoms with Gasteiger partial charge in [-0.2, -0.15) is 0 Å². The normalized spacial score (nSPS) is 22.9. The summed E-state index contributed by atoms with van der Waals surface area (Å²) in [5.74, 6) is 2.64. The van der Waals surface area contributed by atoms with Gasteiger partial charge in [-0.25, -0.2) is 0 Å². The van der Waals surface area contributed by atoms with Crippen LogP contribution in [0.5, 0.6) is 11.5 Å². The van der Waals surface area contributed by atoms with Crippen molar-refractivity contribution in [2.24, 2.45) is 11.8 Å². The summed E-state index contributed by atoms with van der Waals surface area (Å²) >= 11 is 0. The molecular weight excluding hydrogens is 288 g/mol. The summed E-state index contributed by atoms with van der Waals surface area (Å²) in [6.07, 6.45) is 0. The molecule has 2 aliphatic heterocycles. The maximum atomic E-state index is 12.9. The number of carbonyl (C=O) groups excluding carboxylic acids is 1. The van der Waals surface area contributed by atoms with Crippen LogP contribution in [0, 0.1) is 11.8 Å². The average molecular weight is 308 g/mol. The lowest BCUT2D eigenvalue weighted by Crippen LogP contribution is -2.32. The number of nitrogens with one attached hydrogen (secondary N) is 1. The predicted octanol–water partition coefficient (Wildman–Crippen LogP) is 2.77. The summed E-state index contributed by atoms with van der Waals surface area (Å²) in [5.41, 5.74) is 0.643. The van der Waals surface area contributed by atoms with Gasteiger partial charge in [-0.05, 0) is 36.1 Å². The fourth-order valence-electron chi connectivity index (χ4n) is 3.54. The number of carbonyl (C=O) groups is 1. The minimum absolute atomic E-state index is 0.0749. The van der Waals surface area contributed by atoms with Gasteiger partial charge in [0, 0.05) is 26.2 Å². The Kier molecular flexibility index (Phi) is 3.75. The molecule has 2 atom stereocenters. The highest BCUT2D eigenvalue weighted by Crippen LogP contribution is 2.31. The van der Waals surface area contributed by atoms with Gasteiger partial charge in [0.15, 0.2) is 0 Å². The largest absolute Gasteiger partial charge is 0.457 e. The van der Waals surface area contributed by atoms with E-state index >= 15 is 0 Å². The molecule has 4 rings (SSSR count). The fourth-order valence-corrected chi connectivity index (χ4v) is 3.54. The second-order valence-corrected chi connectivity index (χ2v) is 6.30. The number of hydrogen-bond acceptors (Lipinski definition) is 3. The van der Waals surface area contributed by atoms with E-state index < -0.39 is 0 Å². The van der Waals surface area contributed by atoms with E-state index in [-0.39, 0.29) is 5.91 Å². The van der Waals surface area contributed by atoms with E-state index in [2.05, 4.69) is 5.32 Å². The zero-order chi connectivity index (χ0) is 15.6. The summed E-state index contributed by atoms with van der Waals surface area (Å²) in [5, 5.41) is 3.40. The van der Waals surface area contributed by atoms with E-state index in [4.69, 9.17) is 4.74 Å². The standard InChI is InChI=1S/C19H20N2O2/c22-19(21-12-14-10-20-11-15(14)13-21)17-8-4-5-9-18(17)23-16-6-2-1-3-7-16/h1-9,14-15,20H,10-13H2/t14-,15+. The third-order valence-corrected chi connectivity index (χ3v) is 4.77. The van der Waals surface area contributed by atoms with Gasteiger partial charge in [0.2, 0.25) is 0 Å². The first-order valence-electron chi connectivity index (χ1n) is 8.13. The summed E-state index contributed by atoms with van der Waals surface area (Å²) in [4.78, 5) is 14.9. The molecule has 0 bridgehead atoms. The first kappa shape index (κ1) is 14.3. The second kappa shape index (κ2) is 6.05. The van der Waals surface area contributed by atoms with Crippen molar-refractivity contribution in [2.75, 3.05) is 26.2 Å². The molecule has 2 heterocycles. The summed E-state index contributed by atoms with van der Waals surface area (Å²) in [6, 6.07) is 17.1. The van der Waals surface area contributed by atoms with Gasteiger partial charge in [-0.15, -0.1) is 0 Å². The van der Waals surface area contributed by atoms with Crippen LogP contribution in [0.15, 0.2) is 54.6 Å². The topological polar surface area (TPSA) is 41.6 Å². The molecule has 4 heteroatoms. The number of rotatable bonds is 3. The van der Waals surface area contributed by atoms with Crippen LogP contribution in [-0.4, -0.2) is 37.0 Å². The van der Waals surface area contributed by atoms with E-state index in [1.54, 1.807) is 0 Å². The molecule has 118 valence electrons. The SMILES string of the molecule is O=C(c1ccccc1Oc1ccccc1)N1C[C@H]2CNC[C@H]2C1. The van der Waals surface area contributed by atoms with E-state index in [1.807, 2.05) is 59.5 Å². The lowest BCUT2D eigenvalue weighted by Gasteiger charge is -2.19. The van der Waals surface area contributed by atoms with Crippen LogP contribution in [-0.2, 0) is 0 Å². The smallest absolute Gasteiger partial charge is 0.257 e. The molecule has 4 nitrogen and oxygen atoms in total. The van der Waals surface area contributed by atoms with E-state index in [9.17, 15) is 4.79 Å². The van der Waals surface area contributed by atoms with Crippen LogP contribution in [0.3, 0.4) is 0 Å². The molecule has 2 aromatic rings. The second-order valence-electron chi connectivity index (χ2n) is 6.30. The molecule has 0 spiro atoms. The Morgan fingerprint density at radius 3 is 2.35 bits per heavy atom. The third kappa shape index (κ3) is 2.82. The predicted molar refractivity (Wildman–Crippen MR) is 88.7 cm³/mol. The number of likely N-dealkylation sites (tertiary alicyclic amines) is 1. The number of benzene rings is 2. The Bertz CT molecular complexity index is 690. The average Bonchev–Trinajstić information content (AvgIpc) is 3.17. The lowest BCUT2D eigenvalue weighted by molar-refractivity contribution is 0.0779. The Labute approximate surface area is 136 Å². The van der Waals surface area contributed by atoms with E-state index in [1.165, 1.54) is 0 Å². The molecule has 1 N–H and O–H groups in total. The van der Waals surface area contributed by atoms with Gasteiger partial charge in [-0.3, -0.25) is 4.79 Å². The van der Waals surface area contributed by atoms with Gasteiger partial charge in [0.25, 0.3) is 5.91 Å². The third-order valence-electron chi connectivity index (χ3n) is 4.77. The van der Waals surface area contributed by atoms with Gasteiger partial charge in [0.05, 0.1) is 5.56 Å². The van der Waals surface area contributed by atoms with Crippen molar-refractivity contribution in [1.29, 1.82) is 0 Å². The minimum atomic E-state index is 0.0749. The Hall–Kier alpha value is -2.33. The Morgan fingerprint density at radius 2 is 1.61 bits per heavy atom. The molecule has 2 aromatic carbocycles. The highest BCUT2D eigenvalue weighted by Gasteiger charge is 2.38. The van der Waals surface area contributed by atoms with Crippen LogP contribution >= 0.6 is 0 Å². The Balaban J connectivity index is 1.55. The number of hydrogen-bond donors (Lipinski definition) is 1. The van der Waals surface area contributed by atoms with Crippen molar-refractivity contribution < 1.29 is 9.53 Å². The molecule has 2 aliphatic rings. The molecule has 0 radical (unpaired) electrons. The number of amides is 1. The quantitative estimate of drug-likeness (QED) is 0.948. The summed E-state index contributed by atoms with van der Waals surface area (Å²) in [7, 11) is 0. The van der Waals surface area contributed by atoms with Crippen LogP contribution in [0.25, 0.3) is 0 Å². The highest BCUT2D eigenvalue weighted by atomic mass is 16.5. The zero-order valence-corrected chi connectivity index (χ0v) is 12.9. The first-order chi connectivity index (χ1) is 11.3. The molecule has 0 aromatic heterocycles. The number of para-hydroxylation sites is 2. The highest BCUT2D eigenvalue weighted by molar-refractivity contribution is 5.97. The van der Waals surface area contributed by atoms with Crippen molar-refractivity contribution in [2.45, 2.75) is 0 Å². The molecule has 0 unspecified atom stereocenters. The van der Waals surface area contributed by atoms with Crippen LogP contribution < -0.4 is 10.1 Å². The number of ether oxygens (including phenoxy) is 1. The van der Waals surface area contributed by atoms with Crippen molar-refractivity contribution in [3.05, 3.63) is 60.2 Å². The van der Waals surface area contributed by atoms with Crippen LogP contribution in [0.4, 0.5) is 0 Å². The van der Waals surface area contributed by atoms with Crippen LogP contribution in [0.1, 0.15) is 10.4 Å². The lowest BCUT2D eigenvalue weighted by atomic mass is 10.0. The first-order valence-corrected chi connectivity index (χ1v) is 8.13. The van der Waals surface area contributed by atoms with Gasteiger partial charge < -0.3 is 15.0 Å². The molecule has 1 amide bonds. The maximum absolute atomic E-state index is 12.9. The summed E-state index contributed by atoms with van der Waals surface area (Å²) < 4.78 is 5.92. The minimum Gasteiger partial charge on any atom is -0.457 e.